The Hall–Kier alpha value is -15.8. The molecule has 0 spiro atoms. The Kier molecular flexibility index (Phi) is 11.6. The summed E-state index contributed by atoms with van der Waals surface area (Å²) >= 11 is 0. The smallest absolute Gasteiger partial charge is 0.168 e. The third-order valence-electron chi connectivity index (χ3n) is 26.0. The summed E-state index contributed by atoms with van der Waals surface area (Å²) < 4.78 is 14.7. The molecule has 10 nitrogen and oxygen atoms in total. The normalized spacial score (nSPS) is 12.7. The molecule has 0 saturated carbocycles. The van der Waals surface area contributed by atoms with Crippen molar-refractivity contribution < 1.29 is 0 Å². The lowest BCUT2D eigenvalue weighted by Gasteiger charge is -2.15. The fraction of sp³-hybridized carbons (Fsp3) is 0. The van der Waals surface area contributed by atoms with E-state index in [1.807, 2.05) is 0 Å². The first-order valence-corrected chi connectivity index (χ1v) is 39.8. The molecule has 28 aromatic rings. The molecule has 10 heteroatoms. The van der Waals surface area contributed by atoms with E-state index in [0.717, 1.165) is 155 Å². The highest BCUT2D eigenvalue weighted by Gasteiger charge is 2.31. The van der Waals surface area contributed by atoms with E-state index >= 15 is 0 Å². The van der Waals surface area contributed by atoms with Crippen LogP contribution in [0.15, 0.2) is 352 Å². The number of rotatable bonds is 6. The largest absolute Gasteiger partial charge is 0.309 e. The van der Waals surface area contributed by atoms with Crippen LogP contribution < -0.4 is 0 Å². The molecule has 28 rings (SSSR count). The van der Waals surface area contributed by atoms with Crippen LogP contribution in [0.25, 0.3) is 263 Å². The Morgan fingerprint density at radius 1 is 0.164 bits per heavy atom. The van der Waals surface area contributed by atoms with Gasteiger partial charge in [0.05, 0.1) is 77.2 Å². The van der Waals surface area contributed by atoms with Crippen molar-refractivity contribution in [2.45, 2.75) is 0 Å². The second-order valence-electron chi connectivity index (χ2n) is 31.6. The number of nitrogens with zero attached hydrogens (tertiary/aromatic N) is 10. The van der Waals surface area contributed by atoms with E-state index in [1.165, 1.54) is 108 Å². The fourth-order valence-electron chi connectivity index (χ4n) is 21.2. The van der Waals surface area contributed by atoms with E-state index in [4.69, 9.17) is 20.4 Å². The highest BCUT2D eigenvalue weighted by atomic mass is 15.3. The van der Waals surface area contributed by atoms with Crippen LogP contribution in [0.1, 0.15) is 0 Å². The molecule has 10 heterocycles. The van der Waals surface area contributed by atoms with Gasteiger partial charge < -0.3 is 13.4 Å². The second-order valence-corrected chi connectivity index (χ2v) is 31.6. The maximum atomic E-state index is 5.53. The van der Waals surface area contributed by atoms with Gasteiger partial charge in [-0.05, 0) is 118 Å². The van der Waals surface area contributed by atoms with Crippen molar-refractivity contribution in [1.82, 2.24) is 47.5 Å². The highest BCUT2D eigenvalue weighted by molar-refractivity contribution is 6.38. The molecule has 10 aromatic heterocycles. The third-order valence-corrected chi connectivity index (χ3v) is 26.0. The van der Waals surface area contributed by atoms with E-state index in [2.05, 4.69) is 379 Å². The SMILES string of the molecule is c1ccc(-n2c3ccc(-c4nnc(-n5c6c7ccccc7ccc6c6cc7c8ccccc8n8c9ccccc9c(c65)c78)c5ccccc45)cc3c3ccc(-c4ccc5c(c4)c4cc6c7ccc8ccccc8c7n(-c7nnc(-n8c9ccccc9c9c%10ccccc%10ccc98)c8ccccc78)c6c6c7ccccc7n5c46)cc32)cc1. The molecule has 0 unspecified atom stereocenters. The molecule has 0 radical (unpaired) electrons. The molecule has 532 valence electrons. The number of fused-ring (bicyclic) bond motifs is 34. The topological polar surface area (TPSA) is 80.1 Å². The molecule has 0 fully saturated rings. The van der Waals surface area contributed by atoms with Crippen molar-refractivity contribution in [3.63, 3.8) is 0 Å². The molecule has 0 atom stereocenters. The van der Waals surface area contributed by atoms with Gasteiger partial charge in [0.15, 0.2) is 17.5 Å². The maximum Gasteiger partial charge on any atom is 0.168 e. The minimum absolute atomic E-state index is 0.782. The molecule has 0 saturated heterocycles. The first-order chi connectivity index (χ1) is 57.6. The van der Waals surface area contributed by atoms with E-state index in [0.29, 0.717) is 0 Å². The standard InChI is InChI=1S/C106H58N10/c1-2-25-65(26-3-1)111-90-52-47-64(97-71-31-10-11-32-74(71)105(108-107-97)115-98-67-28-8-5-23-60(67)42-49-72(98)83-57-82-69-30-14-18-38-86(69)112-87-39-19-16-36-78(87)95(100(82)112)102(83)115)55-80(90)70-48-44-63(56-93(70)111)62-46-51-91-81(54-62)85-58-84-73-50-43-61-24-6-9-29-68(61)99(73)116(103(84)96-79-37-17-20-40-88(79)113(91)101(85)96)106-76-34-13-12-33-75(76)104(109-110-106)114-89-41-21-15-35-77(89)94-66-27-7-4-22-59(66)45-53-92(94)114/h1-58H. The Balaban J connectivity index is 0.633. The molecular formula is C106H58N10. The van der Waals surface area contributed by atoms with Gasteiger partial charge in [0.1, 0.15) is 5.69 Å². The zero-order chi connectivity index (χ0) is 75.0. The predicted molar refractivity (Wildman–Crippen MR) is 483 cm³/mol. The fourth-order valence-corrected chi connectivity index (χ4v) is 21.2. The number of hydrogen-bond acceptors (Lipinski definition) is 4. The van der Waals surface area contributed by atoms with Crippen LogP contribution in [-0.4, -0.2) is 47.5 Å². The lowest BCUT2D eigenvalue weighted by atomic mass is 9.98. The van der Waals surface area contributed by atoms with Gasteiger partial charge in [0, 0.05) is 130 Å². The monoisotopic (exact) mass is 1470 g/mol. The van der Waals surface area contributed by atoms with Crippen molar-refractivity contribution in [3.05, 3.63) is 352 Å². The van der Waals surface area contributed by atoms with Gasteiger partial charge in [-0.1, -0.05) is 267 Å². The van der Waals surface area contributed by atoms with Crippen LogP contribution in [0, 0.1) is 0 Å². The van der Waals surface area contributed by atoms with Crippen LogP contribution in [0.3, 0.4) is 0 Å². The van der Waals surface area contributed by atoms with E-state index in [9.17, 15) is 0 Å². The summed E-state index contributed by atoms with van der Waals surface area (Å²) in [6, 6.07) is 130. The van der Waals surface area contributed by atoms with Gasteiger partial charge >= 0.3 is 0 Å². The minimum Gasteiger partial charge on any atom is -0.309 e. The van der Waals surface area contributed by atoms with Crippen LogP contribution >= 0.6 is 0 Å². The van der Waals surface area contributed by atoms with Crippen molar-refractivity contribution in [2.75, 3.05) is 0 Å². The van der Waals surface area contributed by atoms with Crippen LogP contribution in [0.4, 0.5) is 0 Å². The first-order valence-electron chi connectivity index (χ1n) is 39.8. The molecule has 0 aliphatic carbocycles. The third kappa shape index (κ3) is 7.70. The molecule has 0 aliphatic heterocycles. The first kappa shape index (κ1) is 61.0. The summed E-state index contributed by atoms with van der Waals surface area (Å²) in [6.07, 6.45) is 0. The highest BCUT2D eigenvalue weighted by Crippen LogP contribution is 2.53. The Morgan fingerprint density at radius 2 is 0.534 bits per heavy atom. The summed E-state index contributed by atoms with van der Waals surface area (Å²) in [4.78, 5) is 0. The van der Waals surface area contributed by atoms with Gasteiger partial charge in [-0.25, -0.2) is 0 Å². The number of aromatic nitrogens is 10. The molecule has 0 bridgehead atoms. The van der Waals surface area contributed by atoms with Crippen molar-refractivity contribution in [2.24, 2.45) is 0 Å². The summed E-state index contributed by atoms with van der Waals surface area (Å²) in [5, 5.41) is 52.0. The van der Waals surface area contributed by atoms with Gasteiger partial charge in [-0.3, -0.25) is 13.7 Å². The summed E-state index contributed by atoms with van der Waals surface area (Å²) in [5.41, 5.74) is 21.1. The molecular weight excluding hydrogens is 1410 g/mol. The summed E-state index contributed by atoms with van der Waals surface area (Å²) in [7, 11) is 0. The maximum absolute atomic E-state index is 5.53. The lowest BCUT2D eigenvalue weighted by Crippen LogP contribution is -2.06. The van der Waals surface area contributed by atoms with Crippen LogP contribution in [0.5, 0.6) is 0 Å². The second kappa shape index (κ2) is 22.1. The molecule has 18 aromatic carbocycles. The van der Waals surface area contributed by atoms with E-state index in [1.54, 1.807) is 0 Å². The predicted octanol–water partition coefficient (Wildman–Crippen LogP) is 27.1. The Morgan fingerprint density at radius 3 is 1.16 bits per heavy atom. The number of hydrogen-bond donors (Lipinski definition) is 0. The molecule has 0 aliphatic rings. The Labute approximate surface area is 657 Å². The van der Waals surface area contributed by atoms with E-state index < -0.39 is 0 Å². The van der Waals surface area contributed by atoms with Gasteiger partial charge in [0.2, 0.25) is 0 Å². The van der Waals surface area contributed by atoms with Crippen LogP contribution in [-0.2, 0) is 0 Å². The van der Waals surface area contributed by atoms with Gasteiger partial charge in [-0.15, -0.1) is 20.4 Å². The van der Waals surface area contributed by atoms with Gasteiger partial charge in [0.25, 0.3) is 0 Å². The van der Waals surface area contributed by atoms with Crippen molar-refractivity contribution in [1.29, 1.82) is 0 Å². The van der Waals surface area contributed by atoms with Gasteiger partial charge in [-0.2, -0.15) is 0 Å². The zero-order valence-electron chi connectivity index (χ0n) is 62.0. The average Bonchev–Trinajstić information content (AvgIpc) is 1.51. The number of para-hydroxylation sites is 5. The van der Waals surface area contributed by atoms with Crippen LogP contribution in [0.2, 0.25) is 0 Å². The average molecular weight is 1470 g/mol. The van der Waals surface area contributed by atoms with Crippen molar-refractivity contribution >= 4 is 217 Å². The summed E-state index contributed by atoms with van der Waals surface area (Å²) in [5.74, 6) is 2.37. The Bertz CT molecular complexity index is 9310. The summed E-state index contributed by atoms with van der Waals surface area (Å²) in [6.45, 7) is 0. The van der Waals surface area contributed by atoms with E-state index in [-0.39, 0.29) is 0 Å². The zero-order valence-corrected chi connectivity index (χ0v) is 62.0. The van der Waals surface area contributed by atoms with Crippen molar-refractivity contribution in [3.8, 4) is 45.5 Å². The quantitative estimate of drug-likeness (QED) is 0.166. The lowest BCUT2D eigenvalue weighted by molar-refractivity contribution is 0.931. The molecule has 116 heavy (non-hydrogen) atoms. The molecule has 0 N–H and O–H groups in total. The number of benzene rings is 18. The molecule has 0 amide bonds. The minimum atomic E-state index is 0.782.